The molecule has 98 valence electrons. The molecule has 2 nitrogen and oxygen atoms in total. The van der Waals surface area contributed by atoms with Crippen LogP contribution in [0.4, 0.5) is 0 Å². The molecule has 1 N–H and O–H groups in total. The molecule has 1 heterocycles. The van der Waals surface area contributed by atoms with Gasteiger partial charge in [0.1, 0.15) is 11.5 Å². The molecule has 0 saturated heterocycles. The van der Waals surface area contributed by atoms with Gasteiger partial charge in [-0.3, -0.25) is 0 Å². The van der Waals surface area contributed by atoms with Crippen molar-refractivity contribution in [3.8, 4) is 11.5 Å². The van der Waals surface area contributed by atoms with Crippen molar-refractivity contribution in [1.82, 2.24) is 0 Å². The highest BCUT2D eigenvalue weighted by molar-refractivity contribution is 5.51. The minimum atomic E-state index is 0.201. The van der Waals surface area contributed by atoms with Gasteiger partial charge in [-0.25, -0.2) is 0 Å². The highest BCUT2D eigenvalue weighted by Crippen LogP contribution is 2.37. The number of aliphatic hydroxyl groups is 1. The number of hydrogen-bond donors (Lipinski definition) is 1. The Kier molecular flexibility index (Phi) is 3.26. The first-order valence-corrected chi connectivity index (χ1v) is 6.81. The normalized spacial score (nSPS) is 14.2. The summed E-state index contributed by atoms with van der Waals surface area (Å²) in [5.41, 5.74) is 3.64. The van der Waals surface area contributed by atoms with Gasteiger partial charge in [0.05, 0.1) is 0 Å². The van der Waals surface area contributed by atoms with E-state index in [2.05, 4.69) is 25.1 Å². The summed E-state index contributed by atoms with van der Waals surface area (Å²) in [7, 11) is 0. The Morgan fingerprint density at radius 3 is 2.68 bits per heavy atom. The Labute approximate surface area is 113 Å². The predicted molar refractivity (Wildman–Crippen MR) is 75.9 cm³/mol. The molecule has 2 aromatic rings. The van der Waals surface area contributed by atoms with Gasteiger partial charge in [-0.1, -0.05) is 37.3 Å². The van der Waals surface area contributed by atoms with Crippen molar-refractivity contribution >= 4 is 0 Å². The van der Waals surface area contributed by atoms with E-state index in [1.54, 1.807) is 0 Å². The topological polar surface area (TPSA) is 29.5 Å². The number of rotatable bonds is 3. The Morgan fingerprint density at radius 1 is 1.11 bits per heavy atom. The summed E-state index contributed by atoms with van der Waals surface area (Å²) in [4.78, 5) is 0. The average Bonchev–Trinajstić information content (AvgIpc) is 2.46. The monoisotopic (exact) mass is 254 g/mol. The summed E-state index contributed by atoms with van der Waals surface area (Å²) in [5, 5.41) is 9.41. The maximum atomic E-state index is 9.41. The Hall–Kier alpha value is -1.80. The molecule has 19 heavy (non-hydrogen) atoms. The summed E-state index contributed by atoms with van der Waals surface area (Å²) in [6, 6.07) is 14.4. The molecule has 1 atom stereocenters. The van der Waals surface area contributed by atoms with Gasteiger partial charge in [0.25, 0.3) is 0 Å². The minimum absolute atomic E-state index is 0.201. The van der Waals surface area contributed by atoms with Crippen LogP contribution in [0.5, 0.6) is 11.5 Å². The summed E-state index contributed by atoms with van der Waals surface area (Å²) >= 11 is 0. The van der Waals surface area contributed by atoms with E-state index < -0.39 is 0 Å². The van der Waals surface area contributed by atoms with Crippen molar-refractivity contribution in [3.05, 3.63) is 59.2 Å². The first kappa shape index (κ1) is 12.2. The first-order valence-electron chi connectivity index (χ1n) is 6.81. The fraction of sp³-hybridized carbons (Fsp3) is 0.294. The summed E-state index contributed by atoms with van der Waals surface area (Å²) in [5.74, 6) is 2.12. The van der Waals surface area contributed by atoms with Crippen LogP contribution in [0.2, 0.25) is 0 Å². The van der Waals surface area contributed by atoms with E-state index in [0.29, 0.717) is 0 Å². The third-order valence-electron chi connectivity index (χ3n) is 3.84. The average molecular weight is 254 g/mol. The highest BCUT2D eigenvalue weighted by atomic mass is 16.5. The smallest absolute Gasteiger partial charge is 0.130 e. The summed E-state index contributed by atoms with van der Waals surface area (Å²) in [6.45, 7) is 2.30. The van der Waals surface area contributed by atoms with Gasteiger partial charge in [-0.2, -0.15) is 0 Å². The van der Waals surface area contributed by atoms with Gasteiger partial charge in [-0.15, -0.1) is 0 Å². The van der Waals surface area contributed by atoms with Crippen LogP contribution >= 0.6 is 0 Å². The second kappa shape index (κ2) is 5.06. The maximum absolute atomic E-state index is 9.41. The molecule has 0 amide bonds. The molecule has 2 heteroatoms. The molecular weight excluding hydrogens is 236 g/mol. The van der Waals surface area contributed by atoms with Crippen molar-refractivity contribution in [2.75, 3.05) is 6.61 Å². The minimum Gasteiger partial charge on any atom is -0.457 e. The van der Waals surface area contributed by atoms with Gasteiger partial charge in [0.2, 0.25) is 0 Å². The molecule has 0 aliphatic carbocycles. The van der Waals surface area contributed by atoms with Gasteiger partial charge >= 0.3 is 0 Å². The van der Waals surface area contributed by atoms with Gasteiger partial charge in [0.15, 0.2) is 0 Å². The largest absolute Gasteiger partial charge is 0.457 e. The Morgan fingerprint density at radius 2 is 1.89 bits per heavy atom. The lowest BCUT2D eigenvalue weighted by atomic mass is 9.92. The number of ether oxygens (including phenoxy) is 1. The zero-order valence-electron chi connectivity index (χ0n) is 11.1. The zero-order chi connectivity index (χ0) is 13.2. The third-order valence-corrected chi connectivity index (χ3v) is 3.84. The third kappa shape index (κ3) is 2.24. The van der Waals surface area contributed by atoms with Crippen molar-refractivity contribution < 1.29 is 9.84 Å². The molecule has 2 aromatic carbocycles. The molecule has 0 saturated carbocycles. The van der Waals surface area contributed by atoms with Crippen LogP contribution in [0.15, 0.2) is 42.5 Å². The van der Waals surface area contributed by atoms with Crippen molar-refractivity contribution in [3.63, 3.8) is 0 Å². The second-order valence-corrected chi connectivity index (χ2v) is 5.04. The summed E-state index contributed by atoms with van der Waals surface area (Å²) < 4.78 is 5.92. The molecule has 1 aliphatic rings. The Balaban J connectivity index is 1.96. The van der Waals surface area contributed by atoms with E-state index in [1.165, 1.54) is 16.7 Å². The quantitative estimate of drug-likeness (QED) is 0.768. The van der Waals surface area contributed by atoms with Crippen LogP contribution in [-0.2, 0) is 6.42 Å². The fourth-order valence-corrected chi connectivity index (χ4v) is 2.63. The van der Waals surface area contributed by atoms with E-state index in [9.17, 15) is 5.11 Å². The number of para-hydroxylation sites is 1. The second-order valence-electron chi connectivity index (χ2n) is 5.04. The van der Waals surface area contributed by atoms with E-state index in [4.69, 9.17) is 4.74 Å². The van der Waals surface area contributed by atoms with Crippen LogP contribution in [0.25, 0.3) is 0 Å². The number of aliphatic hydroxyl groups excluding tert-OH is 1. The Bertz CT molecular complexity index is 586. The zero-order valence-corrected chi connectivity index (χ0v) is 11.1. The van der Waals surface area contributed by atoms with E-state index in [1.807, 2.05) is 24.3 Å². The van der Waals surface area contributed by atoms with Crippen LogP contribution in [-0.4, -0.2) is 11.7 Å². The molecule has 0 radical (unpaired) electrons. The van der Waals surface area contributed by atoms with E-state index >= 15 is 0 Å². The molecule has 0 spiro atoms. The van der Waals surface area contributed by atoms with E-state index in [0.717, 1.165) is 24.3 Å². The van der Waals surface area contributed by atoms with Gasteiger partial charge in [0, 0.05) is 18.9 Å². The van der Waals surface area contributed by atoms with Crippen LogP contribution in [0.1, 0.15) is 36.0 Å². The molecule has 1 unspecified atom stereocenters. The molecule has 0 aromatic heterocycles. The van der Waals surface area contributed by atoms with E-state index in [-0.39, 0.29) is 12.5 Å². The van der Waals surface area contributed by atoms with Crippen LogP contribution in [0.3, 0.4) is 0 Å². The number of fused-ring (bicyclic) bond motifs is 2. The molecule has 3 rings (SSSR count). The first-order chi connectivity index (χ1) is 9.31. The molecule has 1 aliphatic heterocycles. The lowest BCUT2D eigenvalue weighted by Gasteiger charge is -2.22. The van der Waals surface area contributed by atoms with Crippen molar-refractivity contribution in [2.24, 2.45) is 0 Å². The highest BCUT2D eigenvalue weighted by Gasteiger charge is 2.18. The molecular formula is C17H18O2. The SMILES string of the molecule is CCC(CO)c1ccc2c(c1)Cc1ccccc1O2. The molecule has 0 fully saturated rings. The lowest BCUT2D eigenvalue weighted by Crippen LogP contribution is -2.07. The van der Waals surface area contributed by atoms with Crippen LogP contribution in [0, 0.1) is 0 Å². The standard InChI is InChI=1S/C17H18O2/c1-2-12(11-18)13-7-8-17-15(9-13)10-14-5-3-4-6-16(14)19-17/h3-9,12,18H,2,10-11H2,1H3. The van der Waals surface area contributed by atoms with Crippen molar-refractivity contribution in [1.29, 1.82) is 0 Å². The maximum Gasteiger partial charge on any atom is 0.130 e. The molecule has 0 bridgehead atoms. The predicted octanol–water partition coefficient (Wildman–Crippen LogP) is 3.87. The van der Waals surface area contributed by atoms with Gasteiger partial charge in [-0.05, 0) is 35.2 Å². The van der Waals surface area contributed by atoms with Crippen LogP contribution < -0.4 is 4.74 Å². The summed E-state index contributed by atoms with van der Waals surface area (Å²) in [6.07, 6.45) is 1.86. The van der Waals surface area contributed by atoms with Gasteiger partial charge < -0.3 is 9.84 Å². The fourth-order valence-electron chi connectivity index (χ4n) is 2.63. The number of hydrogen-bond acceptors (Lipinski definition) is 2. The lowest BCUT2D eigenvalue weighted by molar-refractivity contribution is 0.262. The van der Waals surface area contributed by atoms with Crippen molar-refractivity contribution in [2.45, 2.75) is 25.7 Å². The number of benzene rings is 2.